The molecule has 1 aliphatic heterocycles. The van der Waals surface area contributed by atoms with Crippen molar-refractivity contribution in [2.75, 3.05) is 0 Å². The predicted octanol–water partition coefficient (Wildman–Crippen LogP) is 4.45. The van der Waals surface area contributed by atoms with Crippen molar-refractivity contribution in [3.63, 3.8) is 0 Å². The van der Waals surface area contributed by atoms with Crippen LogP contribution in [0.2, 0.25) is 0 Å². The summed E-state index contributed by atoms with van der Waals surface area (Å²) in [7, 11) is 0. The van der Waals surface area contributed by atoms with E-state index in [1.54, 1.807) is 6.07 Å². The second-order valence-electron chi connectivity index (χ2n) is 7.98. The van der Waals surface area contributed by atoms with E-state index in [2.05, 4.69) is 0 Å². The molecule has 3 atom stereocenters. The number of rotatable bonds is 2. The van der Waals surface area contributed by atoms with E-state index in [-0.39, 0.29) is 5.43 Å². The fourth-order valence-electron chi connectivity index (χ4n) is 4.45. The fraction of sp³-hybridized carbons (Fsp3) is 0.304. The van der Waals surface area contributed by atoms with Crippen molar-refractivity contribution in [3.05, 3.63) is 70.5 Å². The maximum absolute atomic E-state index is 13.1. The lowest BCUT2D eigenvalue weighted by atomic mass is 9.79. The number of hydrogen-bond donors (Lipinski definition) is 0. The number of esters is 1. The Kier molecular flexibility index (Phi) is 3.83. The van der Waals surface area contributed by atoms with Crippen molar-refractivity contribution in [2.45, 2.75) is 44.5 Å². The molecule has 0 bridgehead atoms. The Hall–Kier alpha value is -3.12. The third-order valence-electron chi connectivity index (χ3n) is 5.62. The van der Waals surface area contributed by atoms with Crippen LogP contribution >= 0.6 is 0 Å². The fourth-order valence-corrected chi connectivity index (χ4v) is 4.45. The van der Waals surface area contributed by atoms with Crippen LogP contribution in [0.25, 0.3) is 22.5 Å². The average molecular weight is 392 g/mol. The molecule has 0 spiro atoms. The Balaban J connectivity index is 1.77. The van der Waals surface area contributed by atoms with Crippen LogP contribution in [0.1, 0.15) is 44.3 Å². The summed E-state index contributed by atoms with van der Waals surface area (Å²) < 4.78 is 23.9. The summed E-state index contributed by atoms with van der Waals surface area (Å²) in [6.07, 6.45) is 0.397. The number of hydrogen-bond acceptors (Lipinski definition) is 6. The van der Waals surface area contributed by atoms with E-state index >= 15 is 0 Å². The van der Waals surface area contributed by atoms with Crippen LogP contribution in [-0.4, -0.2) is 17.7 Å². The summed E-state index contributed by atoms with van der Waals surface area (Å²) in [5, 5.41) is 0. The summed E-state index contributed by atoms with van der Waals surface area (Å²) in [6, 6.07) is 12.7. The Labute approximate surface area is 167 Å². The molecule has 2 aromatic heterocycles. The summed E-state index contributed by atoms with van der Waals surface area (Å²) in [6.45, 7) is 5.09. The van der Waals surface area contributed by atoms with Gasteiger partial charge in [-0.15, -0.1) is 0 Å². The zero-order valence-corrected chi connectivity index (χ0v) is 16.3. The molecule has 3 heterocycles. The molecule has 148 valence electrons. The van der Waals surface area contributed by atoms with Gasteiger partial charge in [0.1, 0.15) is 35.1 Å². The Bertz CT molecular complexity index is 1150. The van der Waals surface area contributed by atoms with E-state index in [9.17, 15) is 9.59 Å². The Morgan fingerprint density at radius 3 is 2.59 bits per heavy atom. The van der Waals surface area contributed by atoms with Gasteiger partial charge in [-0.05, 0) is 19.9 Å². The quantitative estimate of drug-likeness (QED) is 0.600. The molecule has 1 aromatic carbocycles. The zero-order chi connectivity index (χ0) is 20.3. The highest BCUT2D eigenvalue weighted by Gasteiger charge is 2.58. The third kappa shape index (κ3) is 2.67. The van der Waals surface area contributed by atoms with E-state index < -0.39 is 29.7 Å². The van der Waals surface area contributed by atoms with Gasteiger partial charge in [-0.3, -0.25) is 9.59 Å². The normalized spacial score (nSPS) is 23.8. The lowest BCUT2D eigenvalue weighted by Crippen LogP contribution is -2.38. The highest BCUT2D eigenvalue weighted by molar-refractivity contribution is 5.74. The van der Waals surface area contributed by atoms with Gasteiger partial charge in [0, 0.05) is 24.1 Å². The molecule has 2 aliphatic rings. The molecule has 0 saturated carbocycles. The van der Waals surface area contributed by atoms with Gasteiger partial charge in [0.2, 0.25) is 0 Å². The molecule has 6 heteroatoms. The van der Waals surface area contributed by atoms with Crippen LogP contribution in [0, 0.1) is 0 Å². The highest BCUT2D eigenvalue weighted by atomic mass is 16.6. The number of ether oxygens (including phenoxy) is 2. The molecular formula is C23H20O6. The molecule has 29 heavy (non-hydrogen) atoms. The van der Waals surface area contributed by atoms with E-state index in [0.29, 0.717) is 28.4 Å². The molecule has 0 radical (unpaired) electrons. The summed E-state index contributed by atoms with van der Waals surface area (Å²) >= 11 is 0. The van der Waals surface area contributed by atoms with Crippen molar-refractivity contribution in [3.8, 4) is 22.5 Å². The first-order valence-electron chi connectivity index (χ1n) is 9.53. The molecule has 1 saturated heterocycles. The Morgan fingerprint density at radius 2 is 1.86 bits per heavy atom. The van der Waals surface area contributed by atoms with Crippen LogP contribution < -0.4 is 5.43 Å². The third-order valence-corrected chi connectivity index (χ3v) is 5.62. The first-order chi connectivity index (χ1) is 13.9. The maximum atomic E-state index is 13.1. The van der Waals surface area contributed by atoms with Crippen molar-refractivity contribution in [2.24, 2.45) is 0 Å². The molecule has 6 nitrogen and oxygen atoms in total. The van der Waals surface area contributed by atoms with E-state index in [4.69, 9.17) is 18.3 Å². The standard InChI is InChI=1S/C23H20O6/c1-12(24)27-22-18-20-17(14-9-10-26-19(14)21(18)29-23(22,2)3)15(25)11-16(28-20)13-7-5-4-6-8-13/h4-11,18,21-22H,1-3H3. The van der Waals surface area contributed by atoms with E-state index in [1.807, 2.05) is 44.2 Å². The average Bonchev–Trinajstić information content (AvgIpc) is 3.25. The molecule has 1 aliphatic carbocycles. The van der Waals surface area contributed by atoms with Crippen molar-refractivity contribution in [1.29, 1.82) is 0 Å². The van der Waals surface area contributed by atoms with Gasteiger partial charge in [-0.2, -0.15) is 0 Å². The van der Waals surface area contributed by atoms with Crippen molar-refractivity contribution >= 4 is 5.97 Å². The largest absolute Gasteiger partial charge is 0.466 e. The maximum Gasteiger partial charge on any atom is 0.303 e. The van der Waals surface area contributed by atoms with Crippen LogP contribution in [0.4, 0.5) is 0 Å². The van der Waals surface area contributed by atoms with Crippen LogP contribution in [0.15, 0.2) is 62.4 Å². The number of carbonyl (C=O) groups is 1. The minimum atomic E-state index is -0.784. The lowest BCUT2D eigenvalue weighted by Gasteiger charge is -2.29. The van der Waals surface area contributed by atoms with Crippen LogP contribution in [-0.2, 0) is 14.3 Å². The van der Waals surface area contributed by atoms with Gasteiger partial charge in [-0.1, -0.05) is 30.3 Å². The molecular weight excluding hydrogens is 372 g/mol. The summed E-state index contributed by atoms with van der Waals surface area (Å²) in [5.74, 6) is 0.586. The Morgan fingerprint density at radius 1 is 1.10 bits per heavy atom. The second-order valence-corrected chi connectivity index (χ2v) is 7.98. The first-order valence-corrected chi connectivity index (χ1v) is 9.53. The molecule has 3 unspecified atom stereocenters. The van der Waals surface area contributed by atoms with E-state index in [0.717, 1.165) is 5.56 Å². The number of benzene rings is 1. The van der Waals surface area contributed by atoms with Gasteiger partial charge in [0.15, 0.2) is 5.43 Å². The van der Waals surface area contributed by atoms with Crippen molar-refractivity contribution in [1.82, 2.24) is 0 Å². The summed E-state index contributed by atoms with van der Waals surface area (Å²) in [4.78, 5) is 25.0. The zero-order valence-electron chi connectivity index (χ0n) is 16.3. The monoisotopic (exact) mass is 392 g/mol. The molecule has 0 amide bonds. The summed E-state index contributed by atoms with van der Waals surface area (Å²) in [5.41, 5.74) is 0.942. The number of furan rings is 1. The van der Waals surface area contributed by atoms with Crippen molar-refractivity contribution < 1.29 is 23.1 Å². The van der Waals surface area contributed by atoms with Crippen LogP contribution in [0.5, 0.6) is 0 Å². The number of fused-ring (bicyclic) bond motifs is 6. The van der Waals surface area contributed by atoms with Crippen LogP contribution in [0.3, 0.4) is 0 Å². The number of carbonyl (C=O) groups excluding carboxylic acids is 1. The van der Waals surface area contributed by atoms with Gasteiger partial charge in [-0.25, -0.2) is 0 Å². The molecule has 3 aromatic rings. The van der Waals surface area contributed by atoms with Gasteiger partial charge in [0.25, 0.3) is 0 Å². The minimum absolute atomic E-state index is 0.169. The minimum Gasteiger partial charge on any atom is -0.466 e. The second kappa shape index (κ2) is 6.19. The first kappa shape index (κ1) is 17.9. The van der Waals surface area contributed by atoms with E-state index in [1.165, 1.54) is 19.3 Å². The SMILES string of the molecule is CC(=O)OC1C2c3oc(-c4ccccc4)cc(=O)c3-c3ccoc3C2OC1(C)C. The lowest BCUT2D eigenvalue weighted by molar-refractivity contribution is -0.155. The molecule has 5 rings (SSSR count). The highest BCUT2D eigenvalue weighted by Crippen LogP contribution is 2.57. The van der Waals surface area contributed by atoms with Gasteiger partial charge in [0.05, 0.1) is 17.7 Å². The predicted molar refractivity (Wildman–Crippen MR) is 104 cm³/mol. The molecule has 0 N–H and O–H groups in total. The smallest absolute Gasteiger partial charge is 0.303 e. The molecule has 1 fully saturated rings. The van der Waals surface area contributed by atoms with Gasteiger partial charge >= 0.3 is 5.97 Å². The van der Waals surface area contributed by atoms with Gasteiger partial charge < -0.3 is 18.3 Å². The topological polar surface area (TPSA) is 78.9 Å².